The van der Waals surface area contributed by atoms with Gasteiger partial charge in [0.25, 0.3) is 0 Å². The Bertz CT molecular complexity index is 3170. The quantitative estimate of drug-likeness (QED) is 0.164. The van der Waals surface area contributed by atoms with Gasteiger partial charge >= 0.3 is 12.4 Å². The SMILES string of the molecule is CC[C@H](C)[C@@H]1NC(=O)[C@H](CC(C)C)N(C)C(=O)C[C@@H](C(=O)N2CCOCC2)N(C)C(=O)[C@H](C2CCCC2)NC(=O)C2(CCCC2)NC(=O)[C@@H]2CCCN2C(=O)[C@H](CCC2CC(F)C(C(F)(F)F)C(F)C2)NC(=O)CN(C)C(=O)[C@H](CC2CCC(C(F)(F)F)CC2)N2CCCCC[C@@H](C2=O)N(C)C(=O)CN(C)C1=O. The van der Waals surface area contributed by atoms with E-state index in [4.69, 9.17) is 4.74 Å². The lowest BCUT2D eigenvalue weighted by molar-refractivity contribution is -0.219. The van der Waals surface area contributed by atoms with E-state index in [2.05, 4.69) is 21.3 Å². The number of nitrogens with zero attached hydrogens (tertiary/aromatic N) is 8. The molecule has 4 saturated carbocycles. The lowest BCUT2D eigenvalue weighted by Crippen LogP contribution is -2.65. The third kappa shape index (κ3) is 21.4. The molecule has 4 heterocycles. The van der Waals surface area contributed by atoms with E-state index in [1.54, 1.807) is 13.8 Å². The highest BCUT2D eigenvalue weighted by Gasteiger charge is 2.55. The molecule has 610 valence electrons. The maximum absolute atomic E-state index is 15.5. The summed E-state index contributed by atoms with van der Waals surface area (Å²) < 4.78 is 121. The van der Waals surface area contributed by atoms with Crippen molar-refractivity contribution in [3.05, 3.63) is 0 Å². The summed E-state index contributed by atoms with van der Waals surface area (Å²) in [5.41, 5.74) is -1.68. The van der Waals surface area contributed by atoms with Crippen LogP contribution >= 0.6 is 0 Å². The van der Waals surface area contributed by atoms with Gasteiger partial charge in [0.15, 0.2) is 0 Å². The van der Waals surface area contributed by atoms with E-state index < -0.39 is 224 Å². The predicted octanol–water partition coefficient (Wildman–Crippen LogP) is 6.38. The van der Waals surface area contributed by atoms with Crippen LogP contribution in [0.5, 0.6) is 0 Å². The molecule has 8 fully saturated rings. The zero-order valence-corrected chi connectivity index (χ0v) is 64.3. The van der Waals surface area contributed by atoms with Gasteiger partial charge in [0.2, 0.25) is 70.9 Å². The number of amides is 12. The first-order valence-corrected chi connectivity index (χ1v) is 39.3. The summed E-state index contributed by atoms with van der Waals surface area (Å²) in [5.74, 6) is -16.6. The Hall–Kier alpha value is -6.96. The van der Waals surface area contributed by atoms with E-state index in [0.29, 0.717) is 64.2 Å². The zero-order valence-electron chi connectivity index (χ0n) is 64.3. The molecule has 2 bridgehead atoms. The number of morpholine rings is 1. The standard InChI is InChI=1S/C75H116F8N12O13/c1-10-45(4)62-70(105)89(6)43-60(98)90(7)54-21-12-11-17-31-95(69(54)104)57(40-46-23-26-49(27-24-46)74(78,79)80)67(102)88(5)42-58(96)84-52(28-25-47-38-50(76)61(51(77)39-47)75(81,82)83)66(101)94-32-18-22-53(94)65(100)87-73(29-15-16-30-73)72(107)86-63(48-19-13-14-20-48)71(106)92(9)56(68(103)93-33-35-108-36-34-93)41-59(97)91(8)55(37-44(2)3)64(99)85-62/h44-57,61-63H,10-43H2,1-9H3,(H,84,96)(H,85,99)(H,86,107)(H,87,100)/t45-,46?,47?,49?,50?,51?,52-,53-,54-,55-,56-,57-,61?,62-,63-/m0/s1. The summed E-state index contributed by atoms with van der Waals surface area (Å²) in [7, 11) is 6.69. The summed E-state index contributed by atoms with van der Waals surface area (Å²) in [5, 5.41) is 11.5. The Balaban J connectivity index is 1.18. The molecule has 0 radical (unpaired) electrons. The fourth-order valence-electron chi connectivity index (χ4n) is 17.7. The van der Waals surface area contributed by atoms with Crippen LogP contribution in [0.3, 0.4) is 0 Å². The molecule has 11 atom stereocenters. The number of halogens is 8. The molecule has 4 aliphatic carbocycles. The number of hydrogen-bond acceptors (Lipinski definition) is 13. The molecule has 33 heteroatoms. The molecular formula is C75H116F8N12O13. The highest BCUT2D eigenvalue weighted by molar-refractivity contribution is 6.01. The van der Waals surface area contributed by atoms with Crippen molar-refractivity contribution in [3.63, 3.8) is 0 Å². The number of likely N-dealkylation sites (N-methyl/N-ethyl adjacent to an activating group) is 5. The lowest BCUT2D eigenvalue weighted by Gasteiger charge is -2.41. The number of alkyl halides is 8. The normalized spacial score (nSPS) is 32.0. The molecule has 4 aliphatic heterocycles. The Labute approximate surface area is 628 Å². The van der Waals surface area contributed by atoms with E-state index in [9.17, 15) is 50.3 Å². The van der Waals surface area contributed by atoms with Crippen LogP contribution in [0.25, 0.3) is 0 Å². The van der Waals surface area contributed by atoms with Crippen LogP contribution in [0.4, 0.5) is 35.1 Å². The summed E-state index contributed by atoms with van der Waals surface area (Å²) in [6.07, 6.45) is -13.2. The molecule has 108 heavy (non-hydrogen) atoms. The molecule has 25 nitrogen and oxygen atoms in total. The molecule has 4 saturated heterocycles. The summed E-state index contributed by atoms with van der Waals surface area (Å²) >= 11 is 0. The molecule has 0 aromatic rings. The van der Waals surface area contributed by atoms with E-state index in [-0.39, 0.29) is 122 Å². The van der Waals surface area contributed by atoms with Gasteiger partial charge in [-0.2, -0.15) is 26.3 Å². The number of fused-ring (bicyclic) bond motifs is 3. The second-order valence-corrected chi connectivity index (χ2v) is 32.5. The average molecular weight is 1550 g/mol. The first-order valence-electron chi connectivity index (χ1n) is 39.3. The fraction of sp³-hybridized carbons (Fsp3) is 0.840. The fourth-order valence-corrected chi connectivity index (χ4v) is 17.7. The molecule has 12 amide bonds. The molecule has 4 N–H and O–H groups in total. The Morgan fingerprint density at radius 1 is 0.565 bits per heavy atom. The minimum Gasteiger partial charge on any atom is -0.378 e. The smallest absolute Gasteiger partial charge is 0.378 e. The van der Waals surface area contributed by atoms with E-state index >= 15 is 42.3 Å². The molecule has 2 unspecified atom stereocenters. The van der Waals surface area contributed by atoms with Gasteiger partial charge in [-0.1, -0.05) is 72.6 Å². The molecule has 8 aliphatic rings. The molecule has 0 aromatic carbocycles. The van der Waals surface area contributed by atoms with Crippen LogP contribution < -0.4 is 21.3 Å². The van der Waals surface area contributed by atoms with Crippen molar-refractivity contribution < 1.29 is 97.4 Å². The van der Waals surface area contributed by atoms with Crippen molar-refractivity contribution in [2.75, 3.05) is 87.7 Å². The zero-order chi connectivity index (χ0) is 79.4. The van der Waals surface area contributed by atoms with Gasteiger partial charge in [-0.25, -0.2) is 8.78 Å². The Kier molecular flexibility index (Phi) is 30.4. The van der Waals surface area contributed by atoms with Crippen LogP contribution in [0.2, 0.25) is 0 Å². The molecule has 1 spiro atoms. The number of carbonyl (C=O) groups is 12. The molecule has 8 rings (SSSR count). The number of carbonyl (C=O) groups excluding carboxylic acids is 12. The highest BCUT2D eigenvalue weighted by atomic mass is 19.4. The summed E-state index contributed by atoms with van der Waals surface area (Å²) in [6, 6.07) is -11.1. The van der Waals surface area contributed by atoms with Crippen molar-refractivity contribution in [1.82, 2.24) is 60.5 Å². The van der Waals surface area contributed by atoms with Gasteiger partial charge in [-0.3, -0.25) is 57.5 Å². The van der Waals surface area contributed by atoms with Crippen LogP contribution in [0, 0.1) is 41.4 Å². The minimum atomic E-state index is -5.20. The van der Waals surface area contributed by atoms with Crippen molar-refractivity contribution >= 4 is 70.9 Å². The van der Waals surface area contributed by atoms with Gasteiger partial charge in [-0.05, 0) is 145 Å². The first kappa shape index (κ1) is 86.6. The molecular weight excluding hydrogens is 1430 g/mol. The maximum Gasteiger partial charge on any atom is 0.397 e. The monoisotopic (exact) mass is 1540 g/mol. The van der Waals surface area contributed by atoms with Crippen LogP contribution in [0.15, 0.2) is 0 Å². The first-order chi connectivity index (χ1) is 50.9. The number of nitrogens with one attached hydrogen (secondary N) is 4. The largest absolute Gasteiger partial charge is 0.397 e. The number of ether oxygens (including phenoxy) is 1. The second kappa shape index (κ2) is 37.8. The summed E-state index contributed by atoms with van der Waals surface area (Å²) in [6.45, 7) is 6.06. The lowest BCUT2D eigenvalue weighted by atomic mass is 9.76. The average Bonchev–Trinajstić information content (AvgIpc) is 1.50. The maximum atomic E-state index is 15.5. The topological polar surface area (TPSA) is 288 Å². The van der Waals surface area contributed by atoms with Gasteiger partial charge in [-0.15, -0.1) is 0 Å². The Morgan fingerprint density at radius 2 is 1.17 bits per heavy atom. The van der Waals surface area contributed by atoms with E-state index in [1.807, 2.05) is 13.8 Å². The van der Waals surface area contributed by atoms with Crippen LogP contribution in [-0.2, 0) is 62.3 Å². The number of hydrogen-bond donors (Lipinski definition) is 4. The predicted molar refractivity (Wildman–Crippen MR) is 379 cm³/mol. The minimum absolute atomic E-state index is 0.0172. The van der Waals surface area contributed by atoms with Gasteiger partial charge in [0, 0.05) is 61.4 Å². The van der Waals surface area contributed by atoms with Gasteiger partial charge < -0.3 is 65.2 Å². The number of rotatable bonds is 11. The van der Waals surface area contributed by atoms with Crippen LogP contribution in [-0.4, -0.2) is 276 Å². The third-order valence-electron chi connectivity index (χ3n) is 24.6. The van der Waals surface area contributed by atoms with Crippen molar-refractivity contribution in [2.24, 2.45) is 41.4 Å². The van der Waals surface area contributed by atoms with E-state index in [0.717, 1.165) is 19.6 Å². The molecule has 0 aromatic heterocycles. The second-order valence-electron chi connectivity index (χ2n) is 32.5. The van der Waals surface area contributed by atoms with Gasteiger partial charge in [0.1, 0.15) is 72.1 Å². The van der Waals surface area contributed by atoms with Crippen molar-refractivity contribution in [3.8, 4) is 0 Å². The van der Waals surface area contributed by atoms with Crippen LogP contribution in [0.1, 0.15) is 195 Å². The third-order valence-corrected chi connectivity index (χ3v) is 24.6. The van der Waals surface area contributed by atoms with Crippen molar-refractivity contribution in [1.29, 1.82) is 0 Å². The van der Waals surface area contributed by atoms with Crippen molar-refractivity contribution in [2.45, 2.75) is 273 Å². The summed E-state index contributed by atoms with van der Waals surface area (Å²) in [4.78, 5) is 191. The van der Waals surface area contributed by atoms with Gasteiger partial charge in [0.05, 0.1) is 38.6 Å². The van der Waals surface area contributed by atoms with E-state index in [1.165, 1.54) is 54.8 Å². The highest BCUT2D eigenvalue weighted by Crippen LogP contribution is 2.45. The Morgan fingerprint density at radius 3 is 1.77 bits per heavy atom.